The molecule has 8 heteroatoms. The Balaban J connectivity index is 1.58. The van der Waals surface area contributed by atoms with Crippen molar-refractivity contribution in [2.24, 2.45) is 0 Å². The number of nitrogens with one attached hydrogen (secondary N) is 2. The minimum Gasteiger partial charge on any atom is -0.357 e. The van der Waals surface area contributed by atoms with Gasteiger partial charge in [0.1, 0.15) is 5.82 Å². The van der Waals surface area contributed by atoms with E-state index in [2.05, 4.69) is 19.9 Å². The predicted molar refractivity (Wildman–Crippen MR) is 99.5 cm³/mol. The van der Waals surface area contributed by atoms with E-state index >= 15 is 0 Å². The first kappa shape index (κ1) is 18.3. The number of rotatable bonds is 6. The van der Waals surface area contributed by atoms with Crippen LogP contribution in [0.15, 0.2) is 47.5 Å². The summed E-state index contributed by atoms with van der Waals surface area (Å²) < 4.78 is 25.6. The number of carbonyl (C=O) groups excluding carboxylic acids is 1. The molecular formula is C18H22N4O3S. The van der Waals surface area contributed by atoms with Crippen molar-refractivity contribution in [2.45, 2.75) is 24.3 Å². The lowest BCUT2D eigenvalue weighted by Gasteiger charge is -2.16. The first-order chi connectivity index (χ1) is 12.5. The van der Waals surface area contributed by atoms with Crippen LogP contribution in [0, 0.1) is 0 Å². The van der Waals surface area contributed by atoms with Gasteiger partial charge < -0.3 is 10.2 Å². The molecule has 3 rings (SSSR count). The molecule has 0 atom stereocenters. The van der Waals surface area contributed by atoms with Crippen molar-refractivity contribution >= 4 is 21.7 Å². The third kappa shape index (κ3) is 4.20. The van der Waals surface area contributed by atoms with Gasteiger partial charge in [-0.2, -0.15) is 0 Å². The molecule has 2 heterocycles. The third-order valence-corrected chi connectivity index (χ3v) is 5.82. The van der Waals surface area contributed by atoms with Crippen LogP contribution in [0.1, 0.15) is 28.8 Å². The summed E-state index contributed by atoms with van der Waals surface area (Å²) in [7, 11) is -2.15. The van der Waals surface area contributed by atoms with Gasteiger partial charge >= 0.3 is 0 Å². The predicted octanol–water partition coefficient (Wildman–Crippen LogP) is 1.52. The van der Waals surface area contributed by atoms with Gasteiger partial charge in [0.05, 0.1) is 4.90 Å². The number of pyridine rings is 1. The molecule has 0 unspecified atom stereocenters. The van der Waals surface area contributed by atoms with Crippen molar-refractivity contribution < 1.29 is 13.2 Å². The van der Waals surface area contributed by atoms with Gasteiger partial charge in [-0.1, -0.05) is 6.07 Å². The fraction of sp³-hybridized carbons (Fsp3) is 0.333. The Kier molecular flexibility index (Phi) is 5.53. The lowest BCUT2D eigenvalue weighted by atomic mass is 10.2. The molecule has 2 aromatic rings. The van der Waals surface area contributed by atoms with E-state index < -0.39 is 10.0 Å². The SMILES string of the molecule is CNS(=O)(=O)c1ccc(C(=O)NCc2ccc(N3CCCC3)nc2)cc1. The highest BCUT2D eigenvalue weighted by Gasteiger charge is 2.14. The molecule has 1 saturated heterocycles. The quantitative estimate of drug-likeness (QED) is 0.800. The average molecular weight is 374 g/mol. The molecule has 0 saturated carbocycles. The van der Waals surface area contributed by atoms with Gasteiger partial charge in [-0.25, -0.2) is 18.1 Å². The van der Waals surface area contributed by atoms with Crippen LogP contribution in [-0.4, -0.2) is 39.4 Å². The molecule has 7 nitrogen and oxygen atoms in total. The molecule has 1 aliphatic rings. The van der Waals surface area contributed by atoms with Crippen LogP contribution in [-0.2, 0) is 16.6 Å². The lowest BCUT2D eigenvalue weighted by molar-refractivity contribution is 0.0951. The highest BCUT2D eigenvalue weighted by atomic mass is 32.2. The van der Waals surface area contributed by atoms with Crippen molar-refractivity contribution in [3.8, 4) is 0 Å². The highest BCUT2D eigenvalue weighted by molar-refractivity contribution is 7.89. The summed E-state index contributed by atoms with van der Waals surface area (Å²) >= 11 is 0. The van der Waals surface area contributed by atoms with E-state index in [-0.39, 0.29) is 10.8 Å². The third-order valence-electron chi connectivity index (χ3n) is 4.39. The van der Waals surface area contributed by atoms with Crippen molar-refractivity contribution in [2.75, 3.05) is 25.0 Å². The molecule has 1 aromatic heterocycles. The second-order valence-electron chi connectivity index (χ2n) is 6.13. The fourth-order valence-corrected chi connectivity index (χ4v) is 3.57. The maximum atomic E-state index is 12.2. The second kappa shape index (κ2) is 7.84. The van der Waals surface area contributed by atoms with Gasteiger partial charge in [-0.3, -0.25) is 4.79 Å². The Morgan fingerprint density at radius 2 is 1.81 bits per heavy atom. The summed E-state index contributed by atoms with van der Waals surface area (Å²) in [4.78, 5) is 19.1. The summed E-state index contributed by atoms with van der Waals surface area (Å²) in [6, 6.07) is 9.75. The van der Waals surface area contributed by atoms with Gasteiger partial charge in [0.2, 0.25) is 10.0 Å². The number of nitrogens with zero attached hydrogens (tertiary/aromatic N) is 2. The molecule has 1 aromatic carbocycles. The van der Waals surface area contributed by atoms with Crippen molar-refractivity contribution in [1.29, 1.82) is 0 Å². The number of aromatic nitrogens is 1. The number of amides is 1. The normalized spacial score (nSPS) is 14.4. The Bertz CT molecular complexity index is 858. The molecule has 2 N–H and O–H groups in total. The number of hydrogen-bond acceptors (Lipinski definition) is 5. The summed E-state index contributed by atoms with van der Waals surface area (Å²) in [6.07, 6.45) is 4.18. The fourth-order valence-electron chi connectivity index (χ4n) is 2.84. The largest absolute Gasteiger partial charge is 0.357 e. The summed E-state index contributed by atoms with van der Waals surface area (Å²) in [5, 5.41) is 2.82. The van der Waals surface area contributed by atoms with Crippen LogP contribution >= 0.6 is 0 Å². The van der Waals surface area contributed by atoms with E-state index in [4.69, 9.17) is 0 Å². The molecule has 26 heavy (non-hydrogen) atoms. The number of anilines is 1. The number of benzene rings is 1. The first-order valence-corrected chi connectivity index (χ1v) is 9.99. The van der Waals surface area contributed by atoms with Crippen LogP contribution in [0.4, 0.5) is 5.82 Å². The molecule has 0 aliphatic carbocycles. The number of hydrogen-bond donors (Lipinski definition) is 2. The molecule has 0 radical (unpaired) electrons. The molecule has 0 bridgehead atoms. The molecule has 1 amide bonds. The molecule has 138 valence electrons. The van der Waals surface area contributed by atoms with Gasteiger partial charge in [0.15, 0.2) is 0 Å². The van der Waals surface area contributed by atoms with Crippen LogP contribution < -0.4 is 14.9 Å². The number of carbonyl (C=O) groups is 1. The summed E-state index contributed by atoms with van der Waals surface area (Å²) in [5.41, 5.74) is 1.32. The van der Waals surface area contributed by atoms with Crippen molar-refractivity contribution in [3.63, 3.8) is 0 Å². The van der Waals surface area contributed by atoms with Crippen molar-refractivity contribution in [3.05, 3.63) is 53.7 Å². The molecular weight excluding hydrogens is 352 g/mol. The minimum atomic E-state index is -3.50. The van der Waals surface area contributed by atoms with E-state index in [1.54, 1.807) is 6.20 Å². The van der Waals surface area contributed by atoms with E-state index in [1.807, 2.05) is 12.1 Å². The second-order valence-corrected chi connectivity index (χ2v) is 8.02. The van der Waals surface area contributed by atoms with Crippen LogP contribution in [0.2, 0.25) is 0 Å². The van der Waals surface area contributed by atoms with Gasteiger partial charge in [-0.15, -0.1) is 0 Å². The van der Waals surface area contributed by atoms with Crippen LogP contribution in [0.25, 0.3) is 0 Å². The van der Waals surface area contributed by atoms with E-state index in [1.165, 1.54) is 44.2 Å². The molecule has 0 spiro atoms. The Labute approximate surface area is 153 Å². The van der Waals surface area contributed by atoms with Gasteiger partial charge in [0, 0.05) is 31.4 Å². The monoisotopic (exact) mass is 374 g/mol. The van der Waals surface area contributed by atoms with Crippen LogP contribution in [0.3, 0.4) is 0 Å². The lowest BCUT2D eigenvalue weighted by Crippen LogP contribution is -2.23. The Hall–Kier alpha value is -2.45. The first-order valence-electron chi connectivity index (χ1n) is 8.51. The van der Waals surface area contributed by atoms with Crippen molar-refractivity contribution in [1.82, 2.24) is 15.0 Å². The smallest absolute Gasteiger partial charge is 0.251 e. The van der Waals surface area contributed by atoms with E-state index in [9.17, 15) is 13.2 Å². The maximum absolute atomic E-state index is 12.2. The Morgan fingerprint density at radius 3 is 2.38 bits per heavy atom. The number of sulfonamides is 1. The minimum absolute atomic E-state index is 0.123. The maximum Gasteiger partial charge on any atom is 0.251 e. The van der Waals surface area contributed by atoms with Gasteiger partial charge in [0.25, 0.3) is 5.91 Å². The molecule has 1 aliphatic heterocycles. The topological polar surface area (TPSA) is 91.4 Å². The summed E-state index contributed by atoms with van der Waals surface area (Å²) in [5.74, 6) is 0.709. The molecule has 1 fully saturated rings. The van der Waals surface area contributed by atoms with Gasteiger partial charge in [-0.05, 0) is 55.8 Å². The standard InChI is InChI=1S/C18H22N4O3S/c1-19-26(24,25)16-7-5-15(6-8-16)18(23)21-13-14-4-9-17(20-12-14)22-10-2-3-11-22/h4-9,12,19H,2-3,10-11,13H2,1H3,(H,21,23). The van der Waals surface area contributed by atoms with E-state index in [0.29, 0.717) is 12.1 Å². The van der Waals surface area contributed by atoms with E-state index in [0.717, 1.165) is 24.5 Å². The van der Waals surface area contributed by atoms with Crippen LogP contribution in [0.5, 0.6) is 0 Å². The average Bonchev–Trinajstić information content (AvgIpc) is 3.21. The highest BCUT2D eigenvalue weighted by Crippen LogP contribution is 2.17. The zero-order valence-electron chi connectivity index (χ0n) is 14.6. The zero-order valence-corrected chi connectivity index (χ0v) is 15.4. The zero-order chi connectivity index (χ0) is 18.6. The Morgan fingerprint density at radius 1 is 1.12 bits per heavy atom. The summed E-state index contributed by atoms with van der Waals surface area (Å²) in [6.45, 7) is 2.45.